The summed E-state index contributed by atoms with van der Waals surface area (Å²) in [5.74, 6) is 0.428. The lowest BCUT2D eigenvalue weighted by Gasteiger charge is -2.12. The number of halogens is 1. The van der Waals surface area contributed by atoms with E-state index in [1.807, 2.05) is 34.9 Å². The van der Waals surface area contributed by atoms with E-state index in [9.17, 15) is 4.39 Å². The van der Waals surface area contributed by atoms with E-state index < -0.39 is 6.08 Å². The topological polar surface area (TPSA) is 55.6 Å². The molecule has 122 valence electrons. The normalized spacial score (nSPS) is 17.5. The first kappa shape index (κ1) is 14.8. The molecule has 2 heterocycles. The molecule has 1 N–H and O–H groups in total. The summed E-state index contributed by atoms with van der Waals surface area (Å²) in [5.41, 5.74) is 3.46. The Labute approximate surface area is 139 Å². The zero-order chi connectivity index (χ0) is 16.5. The van der Waals surface area contributed by atoms with Crippen LogP contribution in [0.15, 0.2) is 48.8 Å². The van der Waals surface area contributed by atoms with Crippen LogP contribution < -0.4 is 5.32 Å². The van der Waals surface area contributed by atoms with Crippen LogP contribution >= 0.6 is 0 Å². The predicted molar refractivity (Wildman–Crippen MR) is 91.1 cm³/mol. The van der Waals surface area contributed by atoms with E-state index in [1.54, 1.807) is 6.33 Å². The second kappa shape index (κ2) is 6.03. The van der Waals surface area contributed by atoms with E-state index in [0.717, 1.165) is 24.8 Å². The van der Waals surface area contributed by atoms with Gasteiger partial charge >= 0.3 is 6.08 Å². The smallest absolute Gasteiger partial charge is 0.312 e. The Morgan fingerprint density at radius 3 is 2.83 bits per heavy atom. The van der Waals surface area contributed by atoms with Gasteiger partial charge in [0.25, 0.3) is 0 Å². The van der Waals surface area contributed by atoms with Gasteiger partial charge in [-0.25, -0.2) is 4.98 Å². The van der Waals surface area contributed by atoms with Crippen molar-refractivity contribution in [1.82, 2.24) is 19.5 Å². The summed E-state index contributed by atoms with van der Waals surface area (Å²) in [7, 11) is 0. The number of hydrogen-bond acceptors (Lipinski definition) is 4. The maximum absolute atomic E-state index is 13.9. The molecule has 1 unspecified atom stereocenters. The molecule has 1 aliphatic rings. The molecule has 0 aliphatic heterocycles. The summed E-state index contributed by atoms with van der Waals surface area (Å²) in [6.45, 7) is 4.59. The maximum Gasteiger partial charge on any atom is 0.312 e. The van der Waals surface area contributed by atoms with Crippen LogP contribution in [0.4, 0.5) is 10.2 Å². The molecule has 1 aromatic carbocycles. The minimum absolute atomic E-state index is 0.249. The third kappa shape index (κ3) is 2.75. The maximum atomic E-state index is 13.9. The highest BCUT2D eigenvalue weighted by molar-refractivity contribution is 5.82. The SMILES string of the molecule is C=C1CCC(n2cnc3c(NCc4ccccc4)nc(F)nc32)C1. The number of rotatable bonds is 4. The van der Waals surface area contributed by atoms with Crippen molar-refractivity contribution in [3.8, 4) is 0 Å². The molecule has 5 nitrogen and oxygen atoms in total. The molecule has 1 aliphatic carbocycles. The third-order valence-electron chi connectivity index (χ3n) is 4.45. The average molecular weight is 323 g/mol. The molecule has 1 saturated carbocycles. The molecule has 24 heavy (non-hydrogen) atoms. The van der Waals surface area contributed by atoms with Crippen molar-refractivity contribution in [3.63, 3.8) is 0 Å². The quantitative estimate of drug-likeness (QED) is 0.585. The second-order valence-corrected chi connectivity index (χ2v) is 6.15. The molecule has 0 spiro atoms. The Bertz CT molecular complexity index is 887. The molecule has 0 bridgehead atoms. The van der Waals surface area contributed by atoms with E-state index in [4.69, 9.17) is 0 Å². The van der Waals surface area contributed by atoms with Gasteiger partial charge in [-0.15, -0.1) is 0 Å². The van der Waals surface area contributed by atoms with Crippen LogP contribution in [0, 0.1) is 6.08 Å². The summed E-state index contributed by atoms with van der Waals surface area (Å²) in [5, 5.41) is 3.17. The lowest BCUT2D eigenvalue weighted by atomic mass is 10.2. The van der Waals surface area contributed by atoms with Gasteiger partial charge < -0.3 is 9.88 Å². The molecule has 4 rings (SSSR count). The van der Waals surface area contributed by atoms with Gasteiger partial charge in [-0.2, -0.15) is 14.4 Å². The third-order valence-corrected chi connectivity index (χ3v) is 4.45. The van der Waals surface area contributed by atoms with E-state index >= 15 is 0 Å². The summed E-state index contributed by atoms with van der Waals surface area (Å²) in [4.78, 5) is 12.3. The molecular weight excluding hydrogens is 305 g/mol. The standard InChI is InChI=1S/C18H18FN5/c1-12-7-8-14(9-12)24-11-21-15-16(22-18(19)23-17(15)24)20-10-13-5-3-2-4-6-13/h2-6,11,14H,1,7-10H2,(H,20,22,23). The summed E-state index contributed by atoms with van der Waals surface area (Å²) >= 11 is 0. The average Bonchev–Trinajstić information content (AvgIpc) is 3.19. The number of nitrogens with zero attached hydrogens (tertiary/aromatic N) is 4. The Morgan fingerprint density at radius 2 is 2.08 bits per heavy atom. The Balaban J connectivity index is 1.66. The second-order valence-electron chi connectivity index (χ2n) is 6.15. The number of benzene rings is 1. The molecule has 6 heteroatoms. The van der Waals surface area contributed by atoms with Crippen LogP contribution in [0.2, 0.25) is 0 Å². The van der Waals surface area contributed by atoms with Crippen LogP contribution in [-0.2, 0) is 6.54 Å². The van der Waals surface area contributed by atoms with Crippen molar-refractivity contribution in [2.24, 2.45) is 0 Å². The number of fused-ring (bicyclic) bond motifs is 1. The fourth-order valence-corrected chi connectivity index (χ4v) is 3.21. The van der Waals surface area contributed by atoms with Crippen LogP contribution in [0.3, 0.4) is 0 Å². The Morgan fingerprint density at radius 1 is 1.25 bits per heavy atom. The fourth-order valence-electron chi connectivity index (χ4n) is 3.21. The number of anilines is 1. The van der Waals surface area contributed by atoms with Crippen molar-refractivity contribution >= 4 is 17.0 Å². The first-order valence-corrected chi connectivity index (χ1v) is 8.05. The van der Waals surface area contributed by atoms with Gasteiger partial charge in [0.15, 0.2) is 17.0 Å². The van der Waals surface area contributed by atoms with Gasteiger partial charge in [-0.1, -0.05) is 42.5 Å². The van der Waals surface area contributed by atoms with Gasteiger partial charge in [-0.05, 0) is 24.8 Å². The van der Waals surface area contributed by atoms with Crippen molar-refractivity contribution in [3.05, 3.63) is 60.5 Å². The number of hydrogen-bond donors (Lipinski definition) is 1. The van der Waals surface area contributed by atoms with E-state index in [1.165, 1.54) is 5.57 Å². The lowest BCUT2D eigenvalue weighted by Crippen LogP contribution is -2.08. The molecule has 2 aromatic heterocycles. The number of allylic oxidation sites excluding steroid dienone is 1. The first-order valence-electron chi connectivity index (χ1n) is 8.05. The van der Waals surface area contributed by atoms with Gasteiger partial charge in [0, 0.05) is 12.6 Å². The van der Waals surface area contributed by atoms with E-state index in [-0.39, 0.29) is 6.04 Å². The van der Waals surface area contributed by atoms with Gasteiger partial charge in [-0.3, -0.25) is 0 Å². The molecular formula is C18H18FN5. The Kier molecular flexibility index (Phi) is 3.72. The lowest BCUT2D eigenvalue weighted by molar-refractivity contribution is 0.517. The van der Waals surface area contributed by atoms with Gasteiger partial charge in [0.1, 0.15) is 0 Å². The highest BCUT2D eigenvalue weighted by atomic mass is 19.1. The highest BCUT2D eigenvalue weighted by Crippen LogP contribution is 2.35. The molecule has 3 aromatic rings. The van der Waals surface area contributed by atoms with E-state index in [2.05, 4.69) is 26.8 Å². The summed E-state index contributed by atoms with van der Waals surface area (Å²) in [6.07, 6.45) is 3.87. The number of imidazole rings is 1. The van der Waals surface area contributed by atoms with Crippen molar-refractivity contribution in [2.45, 2.75) is 31.8 Å². The zero-order valence-electron chi connectivity index (χ0n) is 13.2. The van der Waals surface area contributed by atoms with Crippen molar-refractivity contribution in [2.75, 3.05) is 5.32 Å². The van der Waals surface area contributed by atoms with E-state index in [0.29, 0.717) is 23.5 Å². The minimum Gasteiger partial charge on any atom is -0.364 e. The fraction of sp³-hybridized carbons (Fsp3) is 0.278. The van der Waals surface area contributed by atoms with Gasteiger partial charge in [0.2, 0.25) is 0 Å². The molecule has 0 saturated heterocycles. The minimum atomic E-state index is -0.739. The highest BCUT2D eigenvalue weighted by Gasteiger charge is 2.23. The van der Waals surface area contributed by atoms with Crippen molar-refractivity contribution in [1.29, 1.82) is 0 Å². The molecule has 0 amide bonds. The van der Waals surface area contributed by atoms with Crippen molar-refractivity contribution < 1.29 is 4.39 Å². The number of nitrogens with one attached hydrogen (secondary N) is 1. The molecule has 1 fully saturated rings. The molecule has 0 radical (unpaired) electrons. The Hall–Kier alpha value is -2.76. The largest absolute Gasteiger partial charge is 0.364 e. The molecule has 1 atom stereocenters. The van der Waals surface area contributed by atoms with Gasteiger partial charge in [0.05, 0.1) is 6.33 Å². The summed E-state index contributed by atoms with van der Waals surface area (Å²) < 4.78 is 15.9. The van der Waals surface area contributed by atoms with Crippen LogP contribution in [0.25, 0.3) is 11.2 Å². The number of aromatic nitrogens is 4. The van der Waals surface area contributed by atoms with Crippen LogP contribution in [0.1, 0.15) is 30.9 Å². The van der Waals surface area contributed by atoms with Crippen LogP contribution in [-0.4, -0.2) is 19.5 Å². The monoisotopic (exact) mass is 323 g/mol. The first-order chi connectivity index (χ1) is 11.7. The predicted octanol–water partition coefficient (Wildman–Crippen LogP) is 3.86. The summed E-state index contributed by atoms with van der Waals surface area (Å²) in [6, 6.07) is 10.2. The zero-order valence-corrected chi connectivity index (χ0v) is 13.2. The van der Waals surface area contributed by atoms with Crippen LogP contribution in [0.5, 0.6) is 0 Å².